The van der Waals surface area contributed by atoms with Crippen molar-refractivity contribution in [2.24, 2.45) is 0 Å². The molecule has 0 aliphatic carbocycles. The van der Waals surface area contributed by atoms with Crippen LogP contribution in [0.15, 0.2) is 84.9 Å². The van der Waals surface area contributed by atoms with E-state index in [1.807, 2.05) is 42.6 Å². The summed E-state index contributed by atoms with van der Waals surface area (Å²) >= 11 is 0. The zero-order valence-electron chi connectivity index (χ0n) is 20.8. The summed E-state index contributed by atoms with van der Waals surface area (Å²) in [6, 6.07) is 23.2. The summed E-state index contributed by atoms with van der Waals surface area (Å²) in [5, 5.41) is 9.48. The smallest absolute Gasteiger partial charge is 0.155 e. The number of ketones is 1. The Morgan fingerprint density at radius 1 is 0.973 bits per heavy atom. The van der Waals surface area contributed by atoms with Gasteiger partial charge in [0.2, 0.25) is 0 Å². The molecule has 1 N–H and O–H groups in total. The number of aliphatic hydroxyl groups excluding tert-OH is 1. The zero-order valence-corrected chi connectivity index (χ0v) is 23.1. The van der Waals surface area contributed by atoms with E-state index in [2.05, 4.69) is 38.8 Å². The number of hydrogen-bond acceptors (Lipinski definition) is 6. The molecule has 0 spiro atoms. The van der Waals surface area contributed by atoms with Crippen LogP contribution in [0, 0.1) is 6.07 Å². The fraction of sp³-hybridized carbons (Fsp3) is 0.138. The molecule has 0 radical (unpaired) electrons. The molecular weight excluding hydrogens is 649 g/mol. The molecule has 8 heteroatoms. The first kappa shape index (κ1) is 27.6. The van der Waals surface area contributed by atoms with E-state index in [1.54, 1.807) is 26.5 Å². The Morgan fingerprint density at radius 2 is 1.73 bits per heavy atom. The molecule has 5 aromatic rings. The van der Waals surface area contributed by atoms with Gasteiger partial charge in [0.15, 0.2) is 5.78 Å². The van der Waals surface area contributed by atoms with Gasteiger partial charge >= 0.3 is 0 Å². The quantitative estimate of drug-likeness (QED) is 0.138. The van der Waals surface area contributed by atoms with E-state index in [4.69, 9.17) is 14.6 Å². The fourth-order valence-corrected chi connectivity index (χ4v) is 3.99. The SMILES string of the molecule is CC(=O)/C=C(/C)O.COc1c[c-]c(-c2cc(-n3c4ccccc4c4ncccc43)ccn2)c(OC)c1.[Pt]. The first-order valence-corrected chi connectivity index (χ1v) is 11.3. The first-order valence-electron chi connectivity index (χ1n) is 11.3. The Kier molecular flexibility index (Phi) is 9.20. The summed E-state index contributed by atoms with van der Waals surface area (Å²) in [5.74, 6) is 1.29. The Labute approximate surface area is 229 Å². The van der Waals surface area contributed by atoms with Crippen LogP contribution in [0.4, 0.5) is 0 Å². The molecule has 37 heavy (non-hydrogen) atoms. The van der Waals surface area contributed by atoms with Gasteiger partial charge in [-0.15, -0.1) is 12.1 Å². The number of methoxy groups -OCH3 is 2. The van der Waals surface area contributed by atoms with Gasteiger partial charge in [-0.1, -0.05) is 35.9 Å². The van der Waals surface area contributed by atoms with Crippen LogP contribution in [0.25, 0.3) is 38.9 Å². The van der Waals surface area contributed by atoms with Crippen LogP contribution in [0.3, 0.4) is 0 Å². The van der Waals surface area contributed by atoms with Crippen molar-refractivity contribution < 1.29 is 40.4 Å². The van der Waals surface area contributed by atoms with Gasteiger partial charge in [-0.3, -0.25) is 9.78 Å². The maximum Gasteiger partial charge on any atom is 0.155 e. The minimum Gasteiger partial charge on any atom is -0.540 e. The summed E-state index contributed by atoms with van der Waals surface area (Å²) in [4.78, 5) is 19.2. The van der Waals surface area contributed by atoms with Crippen molar-refractivity contribution in [3.05, 3.63) is 91.0 Å². The Bertz CT molecular complexity index is 1520. The molecule has 3 heterocycles. The molecule has 3 aromatic heterocycles. The summed E-state index contributed by atoms with van der Waals surface area (Å²) < 4.78 is 13.0. The van der Waals surface area contributed by atoms with E-state index < -0.39 is 0 Å². The number of aromatic nitrogens is 3. The van der Waals surface area contributed by atoms with Crippen molar-refractivity contribution in [2.75, 3.05) is 14.2 Å². The topological polar surface area (TPSA) is 86.5 Å². The van der Waals surface area contributed by atoms with Gasteiger partial charge < -0.3 is 24.1 Å². The average molecular weight is 676 g/mol. The number of rotatable bonds is 5. The van der Waals surface area contributed by atoms with Crippen molar-refractivity contribution >= 4 is 27.7 Å². The maximum absolute atomic E-state index is 10.0. The van der Waals surface area contributed by atoms with Gasteiger partial charge in [-0.2, -0.15) is 0 Å². The fourth-order valence-electron chi connectivity index (χ4n) is 3.99. The molecule has 0 aliphatic rings. The molecule has 0 bridgehead atoms. The molecular formula is C29H26N3O4Pt-. The first-order chi connectivity index (χ1) is 17.4. The van der Waals surface area contributed by atoms with Crippen LogP contribution < -0.4 is 9.47 Å². The van der Waals surface area contributed by atoms with Crippen LogP contribution in [0.5, 0.6) is 11.5 Å². The molecule has 0 amide bonds. The third-order valence-electron chi connectivity index (χ3n) is 5.43. The second-order valence-electron chi connectivity index (χ2n) is 8.00. The van der Waals surface area contributed by atoms with E-state index in [0.29, 0.717) is 11.5 Å². The second-order valence-corrected chi connectivity index (χ2v) is 8.00. The predicted octanol–water partition coefficient (Wildman–Crippen LogP) is 6.09. The minimum absolute atomic E-state index is 0. The van der Waals surface area contributed by atoms with Crippen molar-refractivity contribution in [1.82, 2.24) is 14.5 Å². The number of para-hydroxylation sites is 1. The Balaban J connectivity index is 0.000000422. The van der Waals surface area contributed by atoms with Gasteiger partial charge in [0.1, 0.15) is 0 Å². The summed E-state index contributed by atoms with van der Waals surface area (Å²) in [6.45, 7) is 2.85. The number of carbonyl (C=O) groups excluding carboxylic acids is 1. The molecule has 0 atom stereocenters. The van der Waals surface area contributed by atoms with Crippen molar-refractivity contribution in [1.29, 1.82) is 0 Å². The number of ether oxygens (including phenoxy) is 2. The van der Waals surface area contributed by atoms with Crippen LogP contribution >= 0.6 is 0 Å². The molecule has 0 saturated carbocycles. The van der Waals surface area contributed by atoms with E-state index in [0.717, 1.165) is 38.9 Å². The molecule has 5 rings (SSSR count). The molecule has 0 unspecified atom stereocenters. The van der Waals surface area contributed by atoms with Crippen molar-refractivity contribution in [3.8, 4) is 28.4 Å². The minimum atomic E-state index is -0.125. The molecule has 7 nitrogen and oxygen atoms in total. The number of fused-ring (bicyclic) bond motifs is 3. The average Bonchev–Trinajstić information content (AvgIpc) is 3.22. The second kappa shape index (κ2) is 12.3. The van der Waals surface area contributed by atoms with E-state index in [1.165, 1.54) is 19.9 Å². The number of nitrogens with zero attached hydrogens (tertiary/aromatic N) is 3. The van der Waals surface area contributed by atoms with Gasteiger partial charge in [0.25, 0.3) is 0 Å². The number of allylic oxidation sites excluding steroid dienone is 2. The molecule has 0 saturated heterocycles. The third-order valence-corrected chi connectivity index (χ3v) is 5.43. The van der Waals surface area contributed by atoms with E-state index >= 15 is 0 Å². The van der Waals surface area contributed by atoms with Gasteiger partial charge in [-0.25, -0.2) is 0 Å². The number of benzene rings is 2. The van der Waals surface area contributed by atoms with Crippen molar-refractivity contribution in [3.63, 3.8) is 0 Å². The number of aliphatic hydroxyl groups is 1. The maximum atomic E-state index is 10.0. The molecule has 0 fully saturated rings. The predicted molar refractivity (Wildman–Crippen MR) is 141 cm³/mol. The molecule has 2 aromatic carbocycles. The van der Waals surface area contributed by atoms with Gasteiger partial charge in [0, 0.05) is 62.1 Å². The van der Waals surface area contributed by atoms with Crippen LogP contribution in [-0.4, -0.2) is 39.6 Å². The third kappa shape index (κ3) is 6.07. The van der Waals surface area contributed by atoms with Gasteiger partial charge in [0.05, 0.1) is 36.5 Å². The summed E-state index contributed by atoms with van der Waals surface area (Å²) in [7, 11) is 3.26. The van der Waals surface area contributed by atoms with Crippen molar-refractivity contribution in [2.45, 2.75) is 13.8 Å². The normalized spacial score (nSPS) is 10.9. The van der Waals surface area contributed by atoms with Crippen LogP contribution in [-0.2, 0) is 25.9 Å². The molecule has 192 valence electrons. The Hall–Kier alpha value is -3.96. The summed E-state index contributed by atoms with van der Waals surface area (Å²) in [5.41, 5.74) is 5.70. The number of hydrogen-bond donors (Lipinski definition) is 1. The summed E-state index contributed by atoms with van der Waals surface area (Å²) in [6.07, 6.45) is 4.80. The Morgan fingerprint density at radius 3 is 2.41 bits per heavy atom. The van der Waals surface area contributed by atoms with Gasteiger partial charge in [-0.05, 0) is 43.8 Å². The largest absolute Gasteiger partial charge is 0.540 e. The number of pyridine rings is 2. The molecule has 0 aliphatic heterocycles. The van der Waals surface area contributed by atoms with Crippen LogP contribution in [0.1, 0.15) is 13.8 Å². The monoisotopic (exact) mass is 675 g/mol. The zero-order chi connectivity index (χ0) is 25.7. The van der Waals surface area contributed by atoms with E-state index in [9.17, 15) is 4.79 Å². The standard InChI is InChI=1S/C24H18N3O2.C5H8O2.Pt/c1-28-17-9-10-18(23(15-17)29-2)20-14-16(11-13-25-20)27-21-7-4-3-6-19(21)24-22(27)8-5-12-26-24;1-4(6)3-5(2)7;/h3-9,11-15H,1-2H3;3,6H,1-2H3;/q-1;;/b;4-3-;. The van der Waals surface area contributed by atoms with E-state index in [-0.39, 0.29) is 32.6 Å². The number of carbonyl (C=O) groups is 1. The van der Waals surface area contributed by atoms with Crippen LogP contribution in [0.2, 0.25) is 0 Å².